The molecular formula is C25H24N4O4. The Hall–Kier alpha value is -3.54. The summed E-state index contributed by atoms with van der Waals surface area (Å²) in [5.74, 6) is -0.441. The van der Waals surface area contributed by atoms with Crippen molar-refractivity contribution in [3.05, 3.63) is 58.8 Å². The highest BCUT2D eigenvalue weighted by Gasteiger charge is 2.37. The van der Waals surface area contributed by atoms with Crippen LogP contribution in [-0.4, -0.2) is 65.8 Å². The van der Waals surface area contributed by atoms with Gasteiger partial charge in [0.2, 0.25) is 5.91 Å². The summed E-state index contributed by atoms with van der Waals surface area (Å²) in [5.41, 5.74) is 4.73. The van der Waals surface area contributed by atoms with Crippen molar-refractivity contribution < 1.29 is 19.4 Å². The molecule has 3 heterocycles. The van der Waals surface area contributed by atoms with Gasteiger partial charge in [0, 0.05) is 36.9 Å². The third-order valence-electron chi connectivity index (χ3n) is 6.76. The van der Waals surface area contributed by atoms with Gasteiger partial charge in [0.25, 0.3) is 0 Å². The molecule has 168 valence electrons. The van der Waals surface area contributed by atoms with Gasteiger partial charge >= 0.3 is 5.97 Å². The van der Waals surface area contributed by atoms with Crippen LogP contribution in [0.25, 0.3) is 10.9 Å². The van der Waals surface area contributed by atoms with Gasteiger partial charge in [0.1, 0.15) is 12.7 Å². The first-order valence-electron chi connectivity index (χ1n) is 11.0. The number of hydrogen-bond acceptors (Lipinski definition) is 7. The molecule has 2 unspecified atom stereocenters. The maximum atomic E-state index is 12.9. The Balaban J connectivity index is 1.25. The summed E-state index contributed by atoms with van der Waals surface area (Å²) in [4.78, 5) is 32.8. The number of aromatic nitrogens is 1. The van der Waals surface area contributed by atoms with Gasteiger partial charge in [-0.2, -0.15) is 5.26 Å². The van der Waals surface area contributed by atoms with Crippen LogP contribution >= 0.6 is 0 Å². The first kappa shape index (κ1) is 21.3. The smallest absolute Gasteiger partial charge is 0.313 e. The Labute approximate surface area is 191 Å². The summed E-state index contributed by atoms with van der Waals surface area (Å²) < 4.78 is 5.16. The van der Waals surface area contributed by atoms with Crippen molar-refractivity contribution in [3.8, 4) is 6.07 Å². The lowest BCUT2D eigenvalue weighted by Crippen LogP contribution is -2.52. The van der Waals surface area contributed by atoms with Gasteiger partial charge in [0.05, 0.1) is 29.6 Å². The number of aliphatic hydroxyl groups is 1. The topological polar surface area (TPSA) is 107 Å². The lowest BCUT2D eigenvalue weighted by Gasteiger charge is -2.36. The second-order valence-electron chi connectivity index (χ2n) is 8.71. The van der Waals surface area contributed by atoms with E-state index in [4.69, 9.17) is 10.00 Å². The molecule has 8 heteroatoms. The molecule has 3 aliphatic rings. The van der Waals surface area contributed by atoms with Crippen LogP contribution in [-0.2, 0) is 14.3 Å². The number of nitriles is 1. The molecule has 1 aliphatic carbocycles. The van der Waals surface area contributed by atoms with Crippen LogP contribution in [0.4, 0.5) is 5.69 Å². The number of fused-ring (bicyclic) bond motifs is 2. The number of cyclic esters (lactones) is 1. The molecule has 0 spiro atoms. The molecule has 1 amide bonds. The van der Waals surface area contributed by atoms with Crippen LogP contribution in [0.5, 0.6) is 0 Å². The van der Waals surface area contributed by atoms with E-state index in [0.29, 0.717) is 38.2 Å². The predicted octanol–water partition coefficient (Wildman–Crippen LogP) is 1.94. The van der Waals surface area contributed by atoms with Crippen molar-refractivity contribution in [1.82, 2.24) is 9.88 Å². The molecule has 8 nitrogen and oxygen atoms in total. The highest BCUT2D eigenvalue weighted by Crippen LogP contribution is 2.36. The molecule has 0 bridgehead atoms. The van der Waals surface area contributed by atoms with Crippen molar-refractivity contribution in [3.63, 3.8) is 0 Å². The monoisotopic (exact) mass is 444 g/mol. The van der Waals surface area contributed by atoms with Crippen molar-refractivity contribution >= 4 is 28.5 Å². The SMILES string of the molecule is CC1=C2COC(=O)C2CC=C1C(O)CN1CCN(c2ccc3cc(C#N)cnc3c2)C(=O)C1. The zero-order chi connectivity index (χ0) is 23.1. The molecular weight excluding hydrogens is 420 g/mol. The number of carbonyl (C=O) groups excluding carboxylic acids is 2. The van der Waals surface area contributed by atoms with Crippen molar-refractivity contribution in [2.75, 3.05) is 37.7 Å². The molecule has 5 rings (SSSR count). The van der Waals surface area contributed by atoms with Gasteiger partial charge in [-0.1, -0.05) is 12.1 Å². The number of esters is 1. The molecule has 2 aromatic rings. The average Bonchev–Trinajstić information content (AvgIpc) is 3.20. The van der Waals surface area contributed by atoms with E-state index in [9.17, 15) is 14.7 Å². The van der Waals surface area contributed by atoms with E-state index in [1.54, 1.807) is 11.0 Å². The number of anilines is 1. The normalized spacial score (nSPS) is 22.2. The van der Waals surface area contributed by atoms with Gasteiger partial charge in [-0.05, 0) is 48.3 Å². The predicted molar refractivity (Wildman–Crippen MR) is 121 cm³/mol. The Morgan fingerprint density at radius 1 is 1.30 bits per heavy atom. The van der Waals surface area contributed by atoms with E-state index in [1.165, 1.54) is 6.20 Å². The highest BCUT2D eigenvalue weighted by molar-refractivity contribution is 5.97. The number of piperazine rings is 1. The average molecular weight is 444 g/mol. The van der Waals surface area contributed by atoms with Crippen molar-refractivity contribution in [2.24, 2.45) is 5.92 Å². The number of amides is 1. The standard InChI is InChI=1S/C25H24N4O4/c1-15-19(4-5-20-21(15)14-33-25(20)32)23(30)12-28-6-7-29(24(31)13-28)18-3-2-17-8-16(10-26)11-27-22(17)9-18/h2-4,8-9,11,20,23,30H,5-7,12-14H2,1H3. The van der Waals surface area contributed by atoms with Crippen LogP contribution in [0.1, 0.15) is 18.9 Å². The zero-order valence-corrected chi connectivity index (χ0v) is 18.3. The second-order valence-corrected chi connectivity index (χ2v) is 8.71. The van der Waals surface area contributed by atoms with Crippen LogP contribution in [0.3, 0.4) is 0 Å². The Morgan fingerprint density at radius 2 is 2.15 bits per heavy atom. The van der Waals surface area contributed by atoms with Crippen LogP contribution in [0.15, 0.2) is 53.3 Å². The Morgan fingerprint density at radius 3 is 2.94 bits per heavy atom. The minimum atomic E-state index is -0.729. The lowest BCUT2D eigenvalue weighted by atomic mass is 9.83. The number of allylic oxidation sites excluding steroid dienone is 1. The molecule has 2 aliphatic heterocycles. The number of hydrogen-bond donors (Lipinski definition) is 1. The minimum absolute atomic E-state index is 0.0380. The van der Waals surface area contributed by atoms with Crippen LogP contribution < -0.4 is 4.90 Å². The lowest BCUT2D eigenvalue weighted by molar-refractivity contribution is -0.141. The summed E-state index contributed by atoms with van der Waals surface area (Å²) in [7, 11) is 0. The van der Waals surface area contributed by atoms with E-state index >= 15 is 0 Å². The number of aliphatic hydroxyl groups excluding tert-OH is 1. The Kier molecular flexibility index (Phi) is 5.44. The first-order chi connectivity index (χ1) is 15.9. The number of β-amino-alcohol motifs (C(OH)–C–C–N with tert-alkyl or cyclic N) is 1. The number of ether oxygens (including phenoxy) is 1. The molecule has 1 aromatic carbocycles. The zero-order valence-electron chi connectivity index (χ0n) is 18.3. The fourth-order valence-electron chi connectivity index (χ4n) is 4.90. The van der Waals surface area contributed by atoms with E-state index in [-0.39, 0.29) is 24.3 Å². The molecule has 0 saturated carbocycles. The third-order valence-corrected chi connectivity index (χ3v) is 6.76. The quantitative estimate of drug-likeness (QED) is 0.718. The minimum Gasteiger partial charge on any atom is -0.461 e. The largest absolute Gasteiger partial charge is 0.461 e. The Bertz CT molecular complexity index is 1260. The second kappa shape index (κ2) is 8.43. The van der Waals surface area contributed by atoms with Gasteiger partial charge < -0.3 is 14.7 Å². The fourth-order valence-corrected chi connectivity index (χ4v) is 4.90. The number of pyridine rings is 1. The molecule has 0 radical (unpaired) electrons. The maximum absolute atomic E-state index is 12.9. The maximum Gasteiger partial charge on any atom is 0.313 e. The summed E-state index contributed by atoms with van der Waals surface area (Å²) in [5, 5.41) is 20.8. The van der Waals surface area contributed by atoms with E-state index < -0.39 is 6.10 Å². The number of rotatable bonds is 4. The summed E-state index contributed by atoms with van der Waals surface area (Å²) in [6, 6.07) is 9.47. The molecule has 1 aromatic heterocycles. The van der Waals surface area contributed by atoms with E-state index in [2.05, 4.69) is 11.1 Å². The van der Waals surface area contributed by atoms with Gasteiger partial charge in [-0.3, -0.25) is 19.5 Å². The highest BCUT2D eigenvalue weighted by atomic mass is 16.5. The van der Waals surface area contributed by atoms with Gasteiger partial charge in [-0.25, -0.2) is 0 Å². The van der Waals surface area contributed by atoms with Crippen molar-refractivity contribution in [1.29, 1.82) is 5.26 Å². The summed E-state index contributed by atoms with van der Waals surface area (Å²) in [6.45, 7) is 3.93. The number of benzene rings is 1. The molecule has 2 atom stereocenters. The third kappa shape index (κ3) is 3.90. The molecule has 1 N–H and O–H groups in total. The first-order valence-corrected chi connectivity index (χ1v) is 11.0. The van der Waals surface area contributed by atoms with E-state index in [0.717, 1.165) is 33.3 Å². The summed E-state index contributed by atoms with van der Waals surface area (Å²) in [6.07, 6.45) is 3.28. The molecule has 33 heavy (non-hydrogen) atoms. The van der Waals surface area contributed by atoms with Crippen molar-refractivity contribution in [2.45, 2.75) is 19.4 Å². The number of carbonyl (C=O) groups is 2. The van der Waals surface area contributed by atoms with Crippen LogP contribution in [0, 0.1) is 17.2 Å². The fraction of sp³-hybridized carbons (Fsp3) is 0.360. The molecule has 2 saturated heterocycles. The van der Waals surface area contributed by atoms with Gasteiger partial charge in [0.15, 0.2) is 0 Å². The summed E-state index contributed by atoms with van der Waals surface area (Å²) >= 11 is 0. The molecule has 2 fully saturated rings. The van der Waals surface area contributed by atoms with E-state index in [1.807, 2.05) is 36.1 Å². The van der Waals surface area contributed by atoms with Crippen LogP contribution in [0.2, 0.25) is 0 Å². The number of nitrogens with zero attached hydrogens (tertiary/aromatic N) is 4. The van der Waals surface area contributed by atoms with Gasteiger partial charge in [-0.15, -0.1) is 0 Å².